The normalized spacial score (nSPS) is 22.1. The average Bonchev–Trinajstić information content (AvgIpc) is 3.14. The number of aliphatic imine (C=N–C) groups is 1. The van der Waals surface area contributed by atoms with Crippen LogP contribution in [0.25, 0.3) is 0 Å². The second kappa shape index (κ2) is 11.2. The maximum absolute atomic E-state index is 12.6. The number of nitrogens with zero attached hydrogens (tertiary/aromatic N) is 4. The van der Waals surface area contributed by atoms with Crippen LogP contribution in [0, 0.1) is 0 Å². The van der Waals surface area contributed by atoms with Crippen molar-refractivity contribution in [3.8, 4) is 0 Å². The van der Waals surface area contributed by atoms with Gasteiger partial charge in [-0.25, -0.2) is 4.99 Å². The Morgan fingerprint density at radius 3 is 2.35 bits per heavy atom. The molecule has 2 heterocycles. The number of hydrogen-bond donors (Lipinski definition) is 2. The smallest absolute Gasteiger partial charge is 0.357 e. The maximum atomic E-state index is 12.6. The Morgan fingerprint density at radius 2 is 1.71 bits per heavy atom. The molecule has 31 heavy (non-hydrogen) atoms. The van der Waals surface area contributed by atoms with Crippen molar-refractivity contribution in [2.24, 2.45) is 4.99 Å². The number of benzene rings is 1. The molecule has 1 atom stereocenters. The Balaban J connectivity index is 1.48. The van der Waals surface area contributed by atoms with Gasteiger partial charge in [-0.15, -0.1) is 0 Å². The first-order valence-corrected chi connectivity index (χ1v) is 11.1. The third kappa shape index (κ3) is 8.31. The van der Waals surface area contributed by atoms with E-state index in [2.05, 4.69) is 56.7 Å². The van der Waals surface area contributed by atoms with Gasteiger partial charge < -0.3 is 15.5 Å². The molecule has 0 bridgehead atoms. The van der Waals surface area contributed by atoms with Crippen LogP contribution in [0.4, 0.5) is 13.2 Å². The zero-order valence-corrected chi connectivity index (χ0v) is 18.6. The van der Waals surface area contributed by atoms with Gasteiger partial charge in [0.15, 0.2) is 5.96 Å². The van der Waals surface area contributed by atoms with Gasteiger partial charge in [-0.2, -0.15) is 13.2 Å². The van der Waals surface area contributed by atoms with E-state index in [1.54, 1.807) is 0 Å². The highest BCUT2D eigenvalue weighted by Gasteiger charge is 2.34. The summed E-state index contributed by atoms with van der Waals surface area (Å²) in [5.41, 5.74) is 2.42. The Kier molecular flexibility index (Phi) is 8.57. The molecular weight excluding hydrogens is 405 g/mol. The van der Waals surface area contributed by atoms with E-state index in [0.29, 0.717) is 38.6 Å². The number of nitrogens with one attached hydrogen (secondary N) is 2. The second-order valence-electron chi connectivity index (χ2n) is 8.57. The van der Waals surface area contributed by atoms with Crippen molar-refractivity contribution in [3.05, 3.63) is 35.4 Å². The average molecular weight is 441 g/mol. The van der Waals surface area contributed by atoms with Crippen LogP contribution < -0.4 is 10.6 Å². The first-order chi connectivity index (χ1) is 14.8. The van der Waals surface area contributed by atoms with E-state index in [1.165, 1.54) is 10.5 Å². The number of rotatable bonds is 7. The van der Waals surface area contributed by atoms with E-state index in [9.17, 15) is 13.2 Å². The summed E-state index contributed by atoms with van der Waals surface area (Å²) in [6.45, 7) is 8.59. The fraction of sp³-hybridized carbons (Fsp3) is 0.682. The lowest BCUT2D eigenvalue weighted by Crippen LogP contribution is -2.45. The zero-order chi connectivity index (χ0) is 22.3. The molecule has 1 unspecified atom stereocenters. The van der Waals surface area contributed by atoms with Gasteiger partial charge >= 0.3 is 6.18 Å². The summed E-state index contributed by atoms with van der Waals surface area (Å²) >= 11 is 0. The lowest BCUT2D eigenvalue weighted by Gasteiger charge is -2.32. The van der Waals surface area contributed by atoms with Crippen LogP contribution in [-0.4, -0.2) is 92.3 Å². The van der Waals surface area contributed by atoms with Crippen LogP contribution in [0.2, 0.25) is 0 Å². The Labute approximate surface area is 183 Å². The SMILES string of the molecule is CCNC(=NCc1ccc(CN2CCN(C)CC2)cc1)NC1CCN(CC(F)(F)F)C1. The lowest BCUT2D eigenvalue weighted by molar-refractivity contribution is -0.143. The standard InChI is InChI=1S/C22H35F3N6/c1-3-26-21(28-20-8-9-31(16-20)17-22(23,24)25)27-14-18-4-6-19(7-5-18)15-30-12-10-29(2)11-13-30/h4-7,20H,3,8-17H2,1-2H3,(H2,26,27,28). The van der Waals surface area contributed by atoms with Crippen molar-refractivity contribution in [3.63, 3.8) is 0 Å². The summed E-state index contributed by atoms with van der Waals surface area (Å²) in [6, 6.07) is 8.52. The molecular formula is C22H35F3N6. The predicted molar refractivity (Wildman–Crippen MR) is 118 cm³/mol. The van der Waals surface area contributed by atoms with Crippen LogP contribution in [0.1, 0.15) is 24.5 Å². The number of likely N-dealkylation sites (N-methyl/N-ethyl adjacent to an activating group) is 1. The van der Waals surface area contributed by atoms with E-state index in [0.717, 1.165) is 38.3 Å². The molecule has 0 saturated carbocycles. The fourth-order valence-corrected chi connectivity index (χ4v) is 4.05. The van der Waals surface area contributed by atoms with E-state index in [-0.39, 0.29) is 6.04 Å². The van der Waals surface area contributed by atoms with Crippen molar-refractivity contribution in [1.82, 2.24) is 25.3 Å². The summed E-state index contributed by atoms with van der Waals surface area (Å²) in [7, 11) is 2.16. The largest absolute Gasteiger partial charge is 0.401 e. The number of halogens is 3. The van der Waals surface area contributed by atoms with Gasteiger partial charge in [0, 0.05) is 58.4 Å². The summed E-state index contributed by atoms with van der Waals surface area (Å²) in [4.78, 5) is 10.9. The van der Waals surface area contributed by atoms with E-state index in [4.69, 9.17) is 0 Å². The molecule has 6 nitrogen and oxygen atoms in total. The molecule has 2 aliphatic rings. The Morgan fingerprint density at radius 1 is 1.03 bits per heavy atom. The summed E-state index contributed by atoms with van der Waals surface area (Å²) in [5.74, 6) is 0.655. The number of hydrogen-bond acceptors (Lipinski definition) is 4. The molecule has 0 spiro atoms. The fourth-order valence-electron chi connectivity index (χ4n) is 4.05. The molecule has 0 aliphatic carbocycles. The van der Waals surface area contributed by atoms with Crippen molar-refractivity contribution < 1.29 is 13.2 Å². The Hall–Kier alpha value is -1.84. The molecule has 0 aromatic heterocycles. The highest BCUT2D eigenvalue weighted by Crippen LogP contribution is 2.20. The summed E-state index contributed by atoms with van der Waals surface area (Å²) < 4.78 is 37.8. The molecule has 174 valence electrons. The molecule has 3 rings (SSSR count). The predicted octanol–water partition coefficient (Wildman–Crippen LogP) is 2.13. The number of alkyl halides is 3. The highest BCUT2D eigenvalue weighted by atomic mass is 19.4. The second-order valence-corrected chi connectivity index (χ2v) is 8.57. The van der Waals surface area contributed by atoms with Gasteiger partial charge in [0.1, 0.15) is 0 Å². The molecule has 9 heteroatoms. The van der Waals surface area contributed by atoms with Crippen molar-refractivity contribution in [1.29, 1.82) is 0 Å². The van der Waals surface area contributed by atoms with E-state index >= 15 is 0 Å². The van der Waals surface area contributed by atoms with Crippen molar-refractivity contribution in [2.45, 2.75) is 38.7 Å². The minimum Gasteiger partial charge on any atom is -0.357 e. The Bertz CT molecular complexity index is 698. The number of likely N-dealkylation sites (tertiary alicyclic amines) is 1. The van der Waals surface area contributed by atoms with Crippen LogP contribution in [-0.2, 0) is 13.1 Å². The van der Waals surface area contributed by atoms with Gasteiger partial charge in [0.25, 0.3) is 0 Å². The van der Waals surface area contributed by atoms with Crippen LogP contribution in [0.15, 0.2) is 29.3 Å². The van der Waals surface area contributed by atoms with Gasteiger partial charge in [0.05, 0.1) is 13.1 Å². The van der Waals surface area contributed by atoms with Crippen LogP contribution >= 0.6 is 0 Å². The molecule has 1 aromatic carbocycles. The monoisotopic (exact) mass is 440 g/mol. The minimum atomic E-state index is -4.15. The van der Waals surface area contributed by atoms with Crippen LogP contribution in [0.5, 0.6) is 0 Å². The van der Waals surface area contributed by atoms with Crippen molar-refractivity contribution >= 4 is 5.96 Å². The van der Waals surface area contributed by atoms with Gasteiger partial charge in [-0.05, 0) is 31.5 Å². The van der Waals surface area contributed by atoms with Gasteiger partial charge in [-0.3, -0.25) is 9.80 Å². The van der Waals surface area contributed by atoms with E-state index < -0.39 is 12.7 Å². The topological polar surface area (TPSA) is 46.1 Å². The third-order valence-electron chi connectivity index (χ3n) is 5.81. The van der Waals surface area contributed by atoms with Crippen LogP contribution in [0.3, 0.4) is 0 Å². The summed E-state index contributed by atoms with van der Waals surface area (Å²) in [5, 5.41) is 6.49. The summed E-state index contributed by atoms with van der Waals surface area (Å²) in [6.07, 6.45) is -3.47. The maximum Gasteiger partial charge on any atom is 0.401 e. The zero-order valence-electron chi connectivity index (χ0n) is 18.6. The molecule has 2 aliphatic heterocycles. The molecule has 0 radical (unpaired) electrons. The first kappa shape index (κ1) is 23.8. The quantitative estimate of drug-likeness (QED) is 0.503. The highest BCUT2D eigenvalue weighted by molar-refractivity contribution is 5.80. The third-order valence-corrected chi connectivity index (χ3v) is 5.81. The number of piperazine rings is 1. The lowest BCUT2D eigenvalue weighted by atomic mass is 10.1. The number of guanidine groups is 1. The first-order valence-electron chi connectivity index (χ1n) is 11.1. The molecule has 2 fully saturated rings. The molecule has 0 amide bonds. The molecule has 2 saturated heterocycles. The molecule has 2 N–H and O–H groups in total. The van der Waals surface area contributed by atoms with Gasteiger partial charge in [-0.1, -0.05) is 24.3 Å². The minimum absolute atomic E-state index is 0.0221. The van der Waals surface area contributed by atoms with Crippen molar-refractivity contribution in [2.75, 3.05) is 59.4 Å². The van der Waals surface area contributed by atoms with E-state index in [1.807, 2.05) is 6.92 Å². The molecule has 1 aromatic rings. The van der Waals surface area contributed by atoms with Gasteiger partial charge in [0.2, 0.25) is 0 Å².